The highest BCUT2D eigenvalue weighted by Gasteiger charge is 2.72. The van der Waals surface area contributed by atoms with Crippen molar-refractivity contribution in [1.82, 2.24) is 0 Å². The molecule has 0 aliphatic rings. The van der Waals surface area contributed by atoms with Gasteiger partial charge in [0.1, 0.15) is 11.2 Å². The van der Waals surface area contributed by atoms with Crippen molar-refractivity contribution in [2.75, 3.05) is 69.1 Å². The van der Waals surface area contributed by atoms with Gasteiger partial charge in [-0.15, -0.1) is 0 Å². The molecule has 0 heterocycles. The average Bonchev–Trinajstić information content (AvgIpc) is 2.96. The third kappa shape index (κ3) is 10.7. The topological polar surface area (TPSA) is 72.5 Å². The van der Waals surface area contributed by atoms with Crippen molar-refractivity contribution in [2.24, 2.45) is 5.41 Å². The van der Waals surface area contributed by atoms with Gasteiger partial charge in [0, 0.05) is 28.4 Å². The standard InChI is InChI=1S/C17H14F6O.C9H18O4.C4H10O2/c1-11-3-5-12(6-4-11)15(16(18,19)20,17(21,22)23)13-7-9-14(24-2)10-8-13;1-5-9(6-11-2,7-12-3)8(10)13-4;1-5-3-4-6-2/h3-10H,1-2H3;5-7H2,1-4H3;3-4H2,1-2H3. The maximum atomic E-state index is 13.8. The summed E-state index contributed by atoms with van der Waals surface area (Å²) >= 11 is 0. The Kier molecular flexibility index (Phi) is 17.5. The monoisotopic (exact) mass is 628 g/mol. The first-order valence-electron chi connectivity index (χ1n) is 13.0. The maximum Gasteiger partial charge on any atom is 0.411 e. The van der Waals surface area contributed by atoms with Gasteiger partial charge in [-0.1, -0.05) is 48.9 Å². The lowest BCUT2D eigenvalue weighted by atomic mass is 9.72. The van der Waals surface area contributed by atoms with E-state index >= 15 is 0 Å². The summed E-state index contributed by atoms with van der Waals surface area (Å²) in [5.41, 5.74) is -5.99. The van der Waals surface area contributed by atoms with Gasteiger partial charge in [-0.2, -0.15) is 26.3 Å². The van der Waals surface area contributed by atoms with Gasteiger partial charge in [0.2, 0.25) is 5.41 Å². The number of esters is 1. The van der Waals surface area contributed by atoms with Crippen LogP contribution in [0.2, 0.25) is 0 Å². The van der Waals surface area contributed by atoms with Crippen molar-refractivity contribution in [2.45, 2.75) is 38.0 Å². The van der Waals surface area contributed by atoms with E-state index in [2.05, 4.69) is 9.47 Å². The van der Waals surface area contributed by atoms with E-state index in [1.165, 1.54) is 26.4 Å². The van der Waals surface area contributed by atoms with E-state index in [0.717, 1.165) is 36.4 Å². The Morgan fingerprint density at radius 1 is 0.651 bits per heavy atom. The number of rotatable bonds is 12. The number of aryl methyl sites for hydroxylation is 1. The molecule has 0 aromatic heterocycles. The van der Waals surface area contributed by atoms with Crippen molar-refractivity contribution in [3.8, 4) is 5.75 Å². The van der Waals surface area contributed by atoms with E-state index in [0.29, 0.717) is 38.4 Å². The Bertz CT molecular complexity index is 1010. The summed E-state index contributed by atoms with van der Waals surface area (Å²) in [6.45, 7) is 5.52. The minimum absolute atomic E-state index is 0.168. The van der Waals surface area contributed by atoms with Crippen LogP contribution in [0.1, 0.15) is 30.0 Å². The summed E-state index contributed by atoms with van der Waals surface area (Å²) in [6.07, 6.45) is -10.5. The molecule has 2 aromatic carbocycles. The van der Waals surface area contributed by atoms with Crippen LogP contribution in [0.4, 0.5) is 26.3 Å². The molecular weight excluding hydrogens is 586 g/mol. The van der Waals surface area contributed by atoms with E-state index in [4.69, 9.17) is 18.9 Å². The molecule has 0 saturated carbocycles. The molecule has 43 heavy (non-hydrogen) atoms. The van der Waals surface area contributed by atoms with Crippen molar-refractivity contribution in [1.29, 1.82) is 0 Å². The molecule has 0 amide bonds. The highest BCUT2D eigenvalue weighted by molar-refractivity contribution is 5.77. The van der Waals surface area contributed by atoms with Gasteiger partial charge in [-0.25, -0.2) is 0 Å². The second-order valence-corrected chi connectivity index (χ2v) is 9.32. The second-order valence-electron chi connectivity index (χ2n) is 9.32. The smallest absolute Gasteiger partial charge is 0.411 e. The first-order valence-corrected chi connectivity index (χ1v) is 13.0. The van der Waals surface area contributed by atoms with Crippen LogP contribution in [0, 0.1) is 12.3 Å². The lowest BCUT2D eigenvalue weighted by Gasteiger charge is -2.38. The largest absolute Gasteiger partial charge is 0.497 e. The Labute approximate surface area is 249 Å². The summed E-state index contributed by atoms with van der Waals surface area (Å²) in [5.74, 6) is -0.111. The van der Waals surface area contributed by atoms with E-state index in [-0.39, 0.29) is 11.7 Å². The fourth-order valence-corrected chi connectivity index (χ4v) is 4.07. The van der Waals surface area contributed by atoms with Crippen molar-refractivity contribution in [3.05, 3.63) is 65.2 Å². The first kappa shape index (κ1) is 40.1. The third-order valence-electron chi connectivity index (χ3n) is 6.49. The summed E-state index contributed by atoms with van der Waals surface area (Å²) in [7, 11) is 9.07. The van der Waals surface area contributed by atoms with Gasteiger partial charge in [0.25, 0.3) is 0 Å². The molecular formula is C30H42F6O7. The lowest BCUT2D eigenvalue weighted by molar-refractivity contribution is -0.288. The Balaban J connectivity index is 0.000000777. The number of carbonyl (C=O) groups excluding carboxylic acids is 1. The highest BCUT2D eigenvalue weighted by atomic mass is 19.4. The fourth-order valence-electron chi connectivity index (χ4n) is 4.07. The minimum Gasteiger partial charge on any atom is -0.497 e. The molecule has 2 rings (SSSR count). The summed E-state index contributed by atoms with van der Waals surface area (Å²) < 4.78 is 111. The zero-order valence-corrected chi connectivity index (χ0v) is 25.8. The van der Waals surface area contributed by atoms with Crippen LogP contribution in [0.3, 0.4) is 0 Å². The predicted molar refractivity (Wildman–Crippen MR) is 149 cm³/mol. The molecule has 0 aliphatic carbocycles. The first-order chi connectivity index (χ1) is 20.1. The zero-order chi connectivity index (χ0) is 33.3. The molecule has 7 nitrogen and oxygen atoms in total. The number of halogens is 6. The molecule has 0 fully saturated rings. The van der Waals surface area contributed by atoms with E-state index in [1.54, 1.807) is 35.4 Å². The van der Waals surface area contributed by atoms with Gasteiger partial charge >= 0.3 is 18.3 Å². The van der Waals surface area contributed by atoms with E-state index in [9.17, 15) is 31.1 Å². The molecule has 0 saturated heterocycles. The predicted octanol–water partition coefficient (Wildman–Crippen LogP) is 6.54. The molecule has 0 spiro atoms. The number of carbonyl (C=O) groups is 1. The molecule has 0 N–H and O–H groups in total. The number of ether oxygens (including phenoxy) is 6. The molecule has 0 atom stereocenters. The second kappa shape index (κ2) is 18.7. The number of alkyl halides is 6. The Hall–Kier alpha value is -2.87. The van der Waals surface area contributed by atoms with Gasteiger partial charge in [0.15, 0.2) is 0 Å². The molecule has 2 aromatic rings. The number of methoxy groups -OCH3 is 6. The van der Waals surface area contributed by atoms with Crippen molar-refractivity contribution < 1.29 is 59.6 Å². The van der Waals surface area contributed by atoms with E-state index in [1.807, 2.05) is 6.92 Å². The molecule has 13 heteroatoms. The highest BCUT2D eigenvalue weighted by Crippen LogP contribution is 2.56. The van der Waals surface area contributed by atoms with Crippen LogP contribution < -0.4 is 4.74 Å². The summed E-state index contributed by atoms with van der Waals surface area (Å²) in [6, 6.07) is 7.92. The fraction of sp³-hybridized carbons (Fsp3) is 0.567. The molecule has 0 aliphatic heterocycles. The van der Waals surface area contributed by atoms with Crippen LogP contribution in [0.5, 0.6) is 5.75 Å². The van der Waals surface area contributed by atoms with Crippen LogP contribution in [-0.2, 0) is 33.9 Å². The summed E-state index contributed by atoms with van der Waals surface area (Å²) in [5, 5.41) is 0. The van der Waals surface area contributed by atoms with Gasteiger partial charge in [-0.3, -0.25) is 4.79 Å². The molecule has 246 valence electrons. The van der Waals surface area contributed by atoms with Crippen LogP contribution in [0.25, 0.3) is 0 Å². The SMILES string of the molecule is CCC(COC)(COC)C(=O)OC.COCCOC.COc1ccc(C(c2ccc(C)cc2)(C(F)(F)F)C(F)(F)F)cc1. The molecule has 0 bridgehead atoms. The number of benzene rings is 2. The van der Waals surface area contributed by atoms with Gasteiger partial charge in [0.05, 0.1) is 40.6 Å². The molecule has 0 radical (unpaired) electrons. The van der Waals surface area contributed by atoms with Gasteiger partial charge < -0.3 is 28.4 Å². The van der Waals surface area contributed by atoms with Crippen LogP contribution in [0.15, 0.2) is 48.5 Å². The number of hydrogen-bond donors (Lipinski definition) is 0. The normalized spacial score (nSPS) is 12.0. The lowest BCUT2D eigenvalue weighted by Crippen LogP contribution is -2.54. The quantitative estimate of drug-likeness (QED) is 0.150. The molecule has 0 unspecified atom stereocenters. The Morgan fingerprint density at radius 3 is 1.33 bits per heavy atom. The van der Waals surface area contributed by atoms with Crippen molar-refractivity contribution in [3.63, 3.8) is 0 Å². The zero-order valence-electron chi connectivity index (χ0n) is 25.8. The van der Waals surface area contributed by atoms with E-state index < -0.39 is 34.3 Å². The third-order valence-corrected chi connectivity index (χ3v) is 6.49. The van der Waals surface area contributed by atoms with Crippen molar-refractivity contribution >= 4 is 5.97 Å². The number of hydrogen-bond acceptors (Lipinski definition) is 7. The van der Waals surface area contributed by atoms with Gasteiger partial charge in [-0.05, 0) is 36.6 Å². The van der Waals surface area contributed by atoms with Crippen LogP contribution in [-0.4, -0.2) is 87.4 Å². The average molecular weight is 629 g/mol. The minimum atomic E-state index is -5.57. The maximum absolute atomic E-state index is 13.8. The van der Waals surface area contributed by atoms with Crippen LogP contribution >= 0.6 is 0 Å². The summed E-state index contributed by atoms with van der Waals surface area (Å²) in [4.78, 5) is 11.5. The Morgan fingerprint density at radius 2 is 1.05 bits per heavy atom.